The van der Waals surface area contributed by atoms with Crippen molar-refractivity contribution in [3.63, 3.8) is 0 Å². The summed E-state index contributed by atoms with van der Waals surface area (Å²) in [6.07, 6.45) is 1.54. The van der Waals surface area contributed by atoms with Crippen molar-refractivity contribution in [1.82, 2.24) is 15.5 Å². The lowest BCUT2D eigenvalue weighted by atomic mass is 9.85. The number of anilines is 1. The average Bonchev–Trinajstić information content (AvgIpc) is 3.40. The van der Waals surface area contributed by atoms with Crippen molar-refractivity contribution >= 4 is 17.5 Å². The SMILES string of the molecule is O=C(NCCN1CCC2(CC1)C(=O)NCN2c1ccccc1)c1ccc2c(c1)OCO2. The number of benzene rings is 2. The second-order valence-electron chi connectivity index (χ2n) is 8.12. The topological polar surface area (TPSA) is 83.1 Å². The second kappa shape index (κ2) is 8.11. The molecule has 3 aliphatic heterocycles. The molecule has 0 bridgehead atoms. The van der Waals surface area contributed by atoms with Gasteiger partial charge in [-0.3, -0.25) is 9.59 Å². The van der Waals surface area contributed by atoms with Crippen LogP contribution in [0.15, 0.2) is 48.5 Å². The van der Waals surface area contributed by atoms with E-state index < -0.39 is 5.54 Å². The molecule has 2 aromatic rings. The maximum atomic E-state index is 12.7. The number of hydrogen-bond acceptors (Lipinski definition) is 6. The highest BCUT2D eigenvalue weighted by atomic mass is 16.7. The minimum Gasteiger partial charge on any atom is -0.454 e. The largest absolute Gasteiger partial charge is 0.454 e. The van der Waals surface area contributed by atoms with Gasteiger partial charge in [-0.15, -0.1) is 0 Å². The van der Waals surface area contributed by atoms with Crippen molar-refractivity contribution < 1.29 is 19.1 Å². The van der Waals surface area contributed by atoms with Gasteiger partial charge in [0, 0.05) is 37.4 Å². The zero-order chi connectivity index (χ0) is 21.3. The first-order chi connectivity index (χ1) is 15.2. The molecule has 8 heteroatoms. The molecule has 0 aliphatic carbocycles. The number of para-hydroxylation sites is 1. The number of hydrogen-bond donors (Lipinski definition) is 2. The minimum atomic E-state index is -0.479. The van der Waals surface area contributed by atoms with Crippen LogP contribution >= 0.6 is 0 Å². The molecule has 3 heterocycles. The van der Waals surface area contributed by atoms with E-state index in [1.807, 2.05) is 18.2 Å². The van der Waals surface area contributed by atoms with E-state index in [1.165, 1.54) is 0 Å². The van der Waals surface area contributed by atoms with Crippen molar-refractivity contribution in [2.75, 3.05) is 44.5 Å². The number of amides is 2. The quantitative estimate of drug-likeness (QED) is 0.761. The van der Waals surface area contributed by atoms with Crippen LogP contribution in [0.3, 0.4) is 0 Å². The molecule has 2 aromatic carbocycles. The van der Waals surface area contributed by atoms with E-state index in [-0.39, 0.29) is 18.6 Å². The number of piperidine rings is 1. The van der Waals surface area contributed by atoms with E-state index in [2.05, 4.69) is 32.6 Å². The zero-order valence-corrected chi connectivity index (χ0v) is 17.3. The van der Waals surface area contributed by atoms with E-state index in [0.29, 0.717) is 30.3 Å². The van der Waals surface area contributed by atoms with Crippen molar-refractivity contribution in [1.29, 1.82) is 0 Å². The van der Waals surface area contributed by atoms with Crippen molar-refractivity contribution in [3.05, 3.63) is 54.1 Å². The van der Waals surface area contributed by atoms with E-state index in [4.69, 9.17) is 9.47 Å². The molecule has 2 saturated heterocycles. The van der Waals surface area contributed by atoms with E-state index in [1.54, 1.807) is 18.2 Å². The number of likely N-dealkylation sites (tertiary alicyclic amines) is 1. The fourth-order valence-electron chi connectivity index (χ4n) is 4.65. The number of fused-ring (bicyclic) bond motifs is 1. The third kappa shape index (κ3) is 3.67. The molecule has 2 N–H and O–H groups in total. The Kier molecular flexibility index (Phi) is 5.15. The van der Waals surface area contributed by atoms with Crippen molar-refractivity contribution in [3.8, 4) is 11.5 Å². The fourth-order valence-corrected chi connectivity index (χ4v) is 4.65. The van der Waals surface area contributed by atoms with Crippen LogP contribution in [0.1, 0.15) is 23.2 Å². The van der Waals surface area contributed by atoms with Crippen LogP contribution in [0.4, 0.5) is 5.69 Å². The van der Waals surface area contributed by atoms with Gasteiger partial charge in [0.25, 0.3) is 5.91 Å². The summed E-state index contributed by atoms with van der Waals surface area (Å²) in [5, 5.41) is 6.00. The summed E-state index contributed by atoms with van der Waals surface area (Å²) in [4.78, 5) is 29.7. The number of nitrogens with zero attached hydrogens (tertiary/aromatic N) is 2. The van der Waals surface area contributed by atoms with Crippen molar-refractivity contribution in [2.24, 2.45) is 0 Å². The molecule has 1 spiro atoms. The Morgan fingerprint density at radius 1 is 1.06 bits per heavy atom. The summed E-state index contributed by atoms with van der Waals surface area (Å²) in [5.41, 5.74) is 1.15. The molecule has 0 saturated carbocycles. The van der Waals surface area contributed by atoms with E-state index in [9.17, 15) is 9.59 Å². The fraction of sp³-hybridized carbons (Fsp3) is 0.391. The van der Waals surface area contributed by atoms with Gasteiger partial charge in [0.05, 0.1) is 6.67 Å². The van der Waals surface area contributed by atoms with Gasteiger partial charge in [-0.2, -0.15) is 0 Å². The van der Waals surface area contributed by atoms with Gasteiger partial charge in [-0.25, -0.2) is 0 Å². The molecular formula is C23H26N4O4. The first-order valence-corrected chi connectivity index (χ1v) is 10.7. The monoisotopic (exact) mass is 422 g/mol. The van der Waals surface area contributed by atoms with Gasteiger partial charge in [0.2, 0.25) is 12.7 Å². The number of carbonyl (C=O) groups is 2. The van der Waals surface area contributed by atoms with Crippen LogP contribution in [0.5, 0.6) is 11.5 Å². The molecule has 2 amide bonds. The number of ether oxygens (including phenoxy) is 2. The van der Waals surface area contributed by atoms with Gasteiger partial charge in [-0.05, 0) is 43.2 Å². The molecule has 0 atom stereocenters. The molecule has 162 valence electrons. The highest BCUT2D eigenvalue weighted by Gasteiger charge is 2.50. The third-order valence-corrected chi connectivity index (χ3v) is 6.44. The molecule has 3 aliphatic rings. The molecular weight excluding hydrogens is 396 g/mol. The standard InChI is InChI=1S/C23H26N4O4/c28-21(17-6-7-19-20(14-17)31-16-30-19)24-10-13-26-11-8-23(9-12-26)22(29)25-15-27(23)18-4-2-1-3-5-18/h1-7,14H,8-13,15-16H2,(H,24,28)(H,25,29). The number of rotatable bonds is 5. The van der Waals surface area contributed by atoms with Crippen LogP contribution in [-0.4, -0.2) is 61.9 Å². The smallest absolute Gasteiger partial charge is 0.251 e. The van der Waals surface area contributed by atoms with Gasteiger partial charge in [-0.1, -0.05) is 18.2 Å². The lowest BCUT2D eigenvalue weighted by Gasteiger charge is -2.43. The maximum absolute atomic E-state index is 12.7. The second-order valence-corrected chi connectivity index (χ2v) is 8.12. The van der Waals surface area contributed by atoms with Crippen LogP contribution in [0, 0.1) is 0 Å². The molecule has 0 aromatic heterocycles. The Hall–Kier alpha value is -3.26. The third-order valence-electron chi connectivity index (χ3n) is 6.44. The zero-order valence-electron chi connectivity index (χ0n) is 17.3. The Morgan fingerprint density at radius 3 is 2.65 bits per heavy atom. The van der Waals surface area contributed by atoms with Crippen LogP contribution in [0.2, 0.25) is 0 Å². The Bertz CT molecular complexity index is 973. The average molecular weight is 422 g/mol. The lowest BCUT2D eigenvalue weighted by Crippen LogP contribution is -2.57. The molecule has 2 fully saturated rings. The predicted octanol–water partition coefficient (Wildman–Crippen LogP) is 1.57. The molecule has 0 unspecified atom stereocenters. The Labute approximate surface area is 181 Å². The molecule has 31 heavy (non-hydrogen) atoms. The minimum absolute atomic E-state index is 0.118. The van der Waals surface area contributed by atoms with Gasteiger partial charge in [0.1, 0.15) is 5.54 Å². The summed E-state index contributed by atoms with van der Waals surface area (Å²) in [5.74, 6) is 1.26. The Balaban J connectivity index is 1.14. The predicted molar refractivity (Wildman–Crippen MR) is 115 cm³/mol. The van der Waals surface area contributed by atoms with Crippen LogP contribution < -0.4 is 25.0 Å². The molecule has 5 rings (SSSR count). The Morgan fingerprint density at radius 2 is 1.84 bits per heavy atom. The van der Waals surface area contributed by atoms with Gasteiger partial charge >= 0.3 is 0 Å². The summed E-state index contributed by atoms with van der Waals surface area (Å²) in [7, 11) is 0. The number of nitrogens with one attached hydrogen (secondary N) is 2. The van der Waals surface area contributed by atoms with Crippen molar-refractivity contribution in [2.45, 2.75) is 18.4 Å². The summed E-state index contributed by atoms with van der Waals surface area (Å²) in [6.45, 7) is 3.67. The highest BCUT2D eigenvalue weighted by molar-refractivity contribution is 5.95. The normalized spacial score (nSPS) is 19.5. The first-order valence-electron chi connectivity index (χ1n) is 10.7. The van der Waals surface area contributed by atoms with Crippen LogP contribution in [-0.2, 0) is 4.79 Å². The van der Waals surface area contributed by atoms with Gasteiger partial charge in [0.15, 0.2) is 11.5 Å². The van der Waals surface area contributed by atoms with E-state index >= 15 is 0 Å². The first kappa shape index (κ1) is 19.7. The maximum Gasteiger partial charge on any atom is 0.251 e. The summed E-state index contributed by atoms with van der Waals surface area (Å²) in [6, 6.07) is 15.3. The van der Waals surface area contributed by atoms with E-state index in [0.717, 1.165) is 38.2 Å². The molecule has 0 radical (unpaired) electrons. The van der Waals surface area contributed by atoms with Crippen LogP contribution in [0.25, 0.3) is 0 Å². The van der Waals surface area contributed by atoms with Gasteiger partial charge < -0.3 is 29.9 Å². The summed E-state index contributed by atoms with van der Waals surface area (Å²) < 4.78 is 10.6. The highest BCUT2D eigenvalue weighted by Crippen LogP contribution is 2.36. The number of carbonyl (C=O) groups excluding carboxylic acids is 2. The summed E-state index contributed by atoms with van der Waals surface area (Å²) >= 11 is 0. The molecule has 8 nitrogen and oxygen atoms in total. The lowest BCUT2D eigenvalue weighted by molar-refractivity contribution is -0.125.